The van der Waals surface area contributed by atoms with Crippen molar-refractivity contribution in [2.45, 2.75) is 0 Å². The zero-order valence-corrected chi connectivity index (χ0v) is 12.5. The van der Waals surface area contributed by atoms with E-state index in [4.69, 9.17) is 23.2 Å². The van der Waals surface area contributed by atoms with Gasteiger partial charge in [0.2, 0.25) is 0 Å². The molecule has 6 nitrogen and oxygen atoms in total. The number of amides is 1. The largest absolute Gasteiger partial charge is 0.282 e. The van der Waals surface area contributed by atoms with Gasteiger partial charge in [0.1, 0.15) is 5.56 Å². The molecule has 0 aliphatic heterocycles. The Bertz CT molecular complexity index is 763. The summed E-state index contributed by atoms with van der Waals surface area (Å²) in [6.07, 6.45) is 1.31. The Balaban J connectivity index is 2.15. The van der Waals surface area contributed by atoms with Crippen LogP contribution in [0, 0.1) is 10.1 Å². The van der Waals surface area contributed by atoms with E-state index in [1.54, 1.807) is 18.2 Å². The smallest absolute Gasteiger partial charge is 0.267 e. The van der Waals surface area contributed by atoms with Gasteiger partial charge in [-0.3, -0.25) is 14.9 Å². The molecule has 0 heterocycles. The first-order valence-corrected chi connectivity index (χ1v) is 6.77. The fourth-order valence-corrected chi connectivity index (χ4v) is 2.02. The highest BCUT2D eigenvalue weighted by molar-refractivity contribution is 6.43. The van der Waals surface area contributed by atoms with E-state index in [0.717, 1.165) is 0 Å². The van der Waals surface area contributed by atoms with E-state index >= 15 is 0 Å². The Kier molecular flexibility index (Phi) is 5.08. The number of nitro benzene ring substituents is 1. The first kappa shape index (κ1) is 15.9. The standard InChI is InChI=1S/C14H9Cl2N3O3/c15-11-6-3-4-9(13(11)16)8-17-18-14(20)10-5-1-2-7-12(10)19(21)22/h1-8H,(H,18,20). The second-order valence-corrected chi connectivity index (χ2v) is 4.90. The first-order chi connectivity index (χ1) is 10.5. The van der Waals surface area contributed by atoms with E-state index in [-0.39, 0.29) is 11.3 Å². The van der Waals surface area contributed by atoms with Crippen molar-refractivity contribution < 1.29 is 9.72 Å². The summed E-state index contributed by atoms with van der Waals surface area (Å²) in [6, 6.07) is 10.5. The molecule has 2 aromatic carbocycles. The summed E-state index contributed by atoms with van der Waals surface area (Å²) in [5.74, 6) is -0.693. The number of benzene rings is 2. The maximum atomic E-state index is 11.9. The molecule has 1 amide bonds. The number of nitrogens with zero attached hydrogens (tertiary/aromatic N) is 2. The highest BCUT2D eigenvalue weighted by Gasteiger charge is 2.18. The third-order valence-corrected chi connectivity index (χ3v) is 3.53. The van der Waals surface area contributed by atoms with Crippen LogP contribution in [0.3, 0.4) is 0 Å². The van der Waals surface area contributed by atoms with Crippen LogP contribution in [0.1, 0.15) is 15.9 Å². The van der Waals surface area contributed by atoms with Gasteiger partial charge < -0.3 is 0 Å². The van der Waals surface area contributed by atoms with E-state index in [9.17, 15) is 14.9 Å². The number of carbonyl (C=O) groups is 1. The van der Waals surface area contributed by atoms with Crippen LogP contribution in [-0.2, 0) is 0 Å². The summed E-state index contributed by atoms with van der Waals surface area (Å²) in [4.78, 5) is 22.1. The van der Waals surface area contributed by atoms with Crippen LogP contribution in [0.25, 0.3) is 0 Å². The number of hydrogen-bond acceptors (Lipinski definition) is 4. The fraction of sp³-hybridized carbons (Fsp3) is 0. The molecule has 8 heteroatoms. The highest BCUT2D eigenvalue weighted by Crippen LogP contribution is 2.24. The van der Waals surface area contributed by atoms with Crippen molar-refractivity contribution in [3.05, 3.63) is 73.8 Å². The Morgan fingerprint density at radius 1 is 1.18 bits per heavy atom. The lowest BCUT2D eigenvalue weighted by atomic mass is 10.2. The van der Waals surface area contributed by atoms with Crippen LogP contribution in [0.5, 0.6) is 0 Å². The molecule has 0 radical (unpaired) electrons. The SMILES string of the molecule is O=C(NN=Cc1cccc(Cl)c1Cl)c1ccccc1[N+](=O)[O-]. The zero-order chi connectivity index (χ0) is 16.1. The molecule has 0 saturated carbocycles. The molecular formula is C14H9Cl2N3O3. The van der Waals surface area contributed by atoms with Gasteiger partial charge in [0.25, 0.3) is 11.6 Å². The van der Waals surface area contributed by atoms with Gasteiger partial charge in [0.15, 0.2) is 0 Å². The predicted molar refractivity (Wildman–Crippen MR) is 84.6 cm³/mol. The third kappa shape index (κ3) is 3.60. The third-order valence-electron chi connectivity index (χ3n) is 2.70. The van der Waals surface area contributed by atoms with Crippen LogP contribution >= 0.6 is 23.2 Å². The number of halogens is 2. The lowest BCUT2D eigenvalue weighted by molar-refractivity contribution is -0.385. The molecule has 0 spiro atoms. The van der Waals surface area contributed by atoms with Gasteiger partial charge in [-0.25, -0.2) is 5.43 Å². The maximum Gasteiger partial charge on any atom is 0.282 e. The number of rotatable bonds is 4. The summed E-state index contributed by atoms with van der Waals surface area (Å²) in [5, 5.41) is 15.2. The normalized spacial score (nSPS) is 10.6. The van der Waals surface area contributed by atoms with Crippen molar-refractivity contribution in [1.82, 2.24) is 5.43 Å². The van der Waals surface area contributed by atoms with E-state index in [1.165, 1.54) is 30.5 Å². The van der Waals surface area contributed by atoms with Crippen molar-refractivity contribution >= 4 is 41.0 Å². The first-order valence-electron chi connectivity index (χ1n) is 6.01. The minimum Gasteiger partial charge on any atom is -0.267 e. The molecule has 112 valence electrons. The van der Waals surface area contributed by atoms with Gasteiger partial charge in [0.05, 0.1) is 21.2 Å². The van der Waals surface area contributed by atoms with Crippen LogP contribution in [0.2, 0.25) is 10.0 Å². The quantitative estimate of drug-likeness (QED) is 0.524. The molecule has 2 rings (SSSR count). The van der Waals surface area contributed by atoms with Crippen LogP contribution in [0.4, 0.5) is 5.69 Å². The topological polar surface area (TPSA) is 84.6 Å². The summed E-state index contributed by atoms with van der Waals surface area (Å²) in [7, 11) is 0. The van der Waals surface area contributed by atoms with Crippen LogP contribution < -0.4 is 5.43 Å². The highest BCUT2D eigenvalue weighted by atomic mass is 35.5. The Hall–Kier alpha value is -2.44. The lowest BCUT2D eigenvalue weighted by Crippen LogP contribution is -2.19. The molecule has 1 N–H and O–H groups in total. The summed E-state index contributed by atoms with van der Waals surface area (Å²) in [6.45, 7) is 0. The molecule has 0 fully saturated rings. The van der Waals surface area contributed by atoms with Crippen molar-refractivity contribution in [2.75, 3.05) is 0 Å². The average Bonchev–Trinajstić information content (AvgIpc) is 2.51. The molecule has 22 heavy (non-hydrogen) atoms. The van der Waals surface area contributed by atoms with Crippen LogP contribution in [-0.4, -0.2) is 17.0 Å². The number of carbonyl (C=O) groups excluding carboxylic acids is 1. The number of para-hydroxylation sites is 1. The molecule has 0 saturated heterocycles. The number of nitrogens with one attached hydrogen (secondary N) is 1. The second-order valence-electron chi connectivity index (χ2n) is 4.12. The minimum absolute atomic E-state index is 0.0816. The Labute approximate surface area is 135 Å². The molecule has 0 atom stereocenters. The van der Waals surface area contributed by atoms with Crippen molar-refractivity contribution in [3.63, 3.8) is 0 Å². The zero-order valence-electron chi connectivity index (χ0n) is 11.0. The van der Waals surface area contributed by atoms with Crippen molar-refractivity contribution in [1.29, 1.82) is 0 Å². The molecule has 0 aliphatic carbocycles. The second kappa shape index (κ2) is 7.02. The molecule has 0 aromatic heterocycles. The number of hydrogen-bond donors (Lipinski definition) is 1. The number of hydrazone groups is 1. The van der Waals surface area contributed by atoms with Crippen molar-refractivity contribution in [2.24, 2.45) is 5.10 Å². The van der Waals surface area contributed by atoms with Gasteiger partial charge in [-0.2, -0.15) is 5.10 Å². The van der Waals surface area contributed by atoms with Crippen molar-refractivity contribution in [3.8, 4) is 0 Å². The molecular weight excluding hydrogens is 329 g/mol. The van der Waals surface area contributed by atoms with Gasteiger partial charge in [-0.1, -0.05) is 47.5 Å². The molecule has 2 aromatic rings. The molecule has 0 aliphatic rings. The fourth-order valence-electron chi connectivity index (χ4n) is 1.67. The van der Waals surface area contributed by atoms with Gasteiger partial charge in [-0.15, -0.1) is 0 Å². The van der Waals surface area contributed by atoms with Gasteiger partial charge in [-0.05, 0) is 12.1 Å². The Morgan fingerprint density at radius 3 is 2.64 bits per heavy atom. The van der Waals surface area contributed by atoms with E-state index in [1.807, 2.05) is 0 Å². The number of nitro groups is 1. The predicted octanol–water partition coefficient (Wildman–Crippen LogP) is 3.67. The summed E-state index contributed by atoms with van der Waals surface area (Å²) in [5.41, 5.74) is 2.35. The summed E-state index contributed by atoms with van der Waals surface area (Å²) >= 11 is 11.8. The Morgan fingerprint density at radius 2 is 1.91 bits per heavy atom. The average molecular weight is 338 g/mol. The van der Waals surface area contributed by atoms with Gasteiger partial charge >= 0.3 is 0 Å². The van der Waals surface area contributed by atoms with E-state index < -0.39 is 10.8 Å². The minimum atomic E-state index is -0.693. The molecule has 0 unspecified atom stereocenters. The monoisotopic (exact) mass is 337 g/mol. The lowest BCUT2D eigenvalue weighted by Gasteiger charge is -2.02. The van der Waals surface area contributed by atoms with E-state index in [0.29, 0.717) is 15.6 Å². The maximum absolute atomic E-state index is 11.9. The molecule has 0 bridgehead atoms. The summed E-state index contributed by atoms with van der Waals surface area (Å²) < 4.78 is 0. The van der Waals surface area contributed by atoms with E-state index in [2.05, 4.69) is 10.5 Å². The van der Waals surface area contributed by atoms with Crippen LogP contribution in [0.15, 0.2) is 47.6 Å². The van der Waals surface area contributed by atoms with Gasteiger partial charge in [0, 0.05) is 11.6 Å².